The van der Waals surface area contributed by atoms with Crippen molar-refractivity contribution in [1.82, 2.24) is 4.90 Å². The maximum Gasteiger partial charge on any atom is 0.331 e. The third kappa shape index (κ3) is 15.2. The minimum atomic E-state index is -3.14. The van der Waals surface area contributed by atoms with Crippen LogP contribution in [0.15, 0.2) is 30.3 Å². The van der Waals surface area contributed by atoms with Crippen LogP contribution in [0.25, 0.3) is 0 Å². The van der Waals surface area contributed by atoms with Gasteiger partial charge in [0.2, 0.25) is 0 Å². The van der Waals surface area contributed by atoms with Crippen LogP contribution in [-0.2, 0) is 20.0 Å². The quantitative estimate of drug-likeness (QED) is 0.179. The molecule has 1 atom stereocenters. The lowest BCUT2D eigenvalue weighted by atomic mass is 10.1. The van der Waals surface area contributed by atoms with Gasteiger partial charge in [-0.3, -0.25) is 4.57 Å². The van der Waals surface area contributed by atoms with E-state index in [-0.39, 0.29) is 0 Å². The lowest BCUT2D eigenvalue weighted by molar-refractivity contribution is 0.196. The molecule has 7 heteroatoms. The molecule has 4 N–H and O–H groups in total. The number of rotatable bonds is 22. The number of nitrogens with two attached hydrogens (primary N) is 2. The summed E-state index contributed by atoms with van der Waals surface area (Å²) in [4.78, 5) is 2.28. The molecule has 0 heterocycles. The van der Waals surface area contributed by atoms with Crippen molar-refractivity contribution in [3.05, 3.63) is 35.9 Å². The SMILES string of the molecule is CCCCCCCCCOP(=O)(CCN(CCCN)CCCN)OCCc1ccccc1. The summed E-state index contributed by atoms with van der Waals surface area (Å²) in [5.41, 5.74) is 12.5. The highest BCUT2D eigenvalue weighted by Crippen LogP contribution is 2.48. The molecular weight excluding hydrogens is 421 g/mol. The molecule has 0 bridgehead atoms. The summed E-state index contributed by atoms with van der Waals surface area (Å²) >= 11 is 0. The van der Waals surface area contributed by atoms with E-state index in [4.69, 9.17) is 20.5 Å². The maximum absolute atomic E-state index is 13.5. The first-order valence-electron chi connectivity index (χ1n) is 12.7. The van der Waals surface area contributed by atoms with Gasteiger partial charge >= 0.3 is 7.60 Å². The summed E-state index contributed by atoms with van der Waals surface area (Å²) in [6.45, 7) is 6.90. The van der Waals surface area contributed by atoms with Gasteiger partial charge in [0, 0.05) is 6.54 Å². The van der Waals surface area contributed by atoms with Gasteiger partial charge in [0.25, 0.3) is 0 Å². The van der Waals surface area contributed by atoms with Crippen molar-refractivity contribution in [3.63, 3.8) is 0 Å². The molecule has 0 spiro atoms. The summed E-state index contributed by atoms with van der Waals surface area (Å²) in [7, 11) is -3.14. The third-order valence-electron chi connectivity index (χ3n) is 5.60. The minimum absolute atomic E-state index is 0.407. The second kappa shape index (κ2) is 19.7. The van der Waals surface area contributed by atoms with E-state index in [0.29, 0.717) is 39.0 Å². The molecule has 1 aromatic carbocycles. The summed E-state index contributed by atoms with van der Waals surface area (Å²) in [5, 5.41) is 0. The Bertz CT molecular complexity index is 581. The highest BCUT2D eigenvalue weighted by molar-refractivity contribution is 7.53. The average molecular weight is 470 g/mol. The van der Waals surface area contributed by atoms with Crippen LogP contribution >= 0.6 is 7.60 Å². The van der Waals surface area contributed by atoms with Crippen molar-refractivity contribution in [2.45, 2.75) is 71.1 Å². The van der Waals surface area contributed by atoms with Gasteiger partial charge < -0.3 is 25.4 Å². The lowest BCUT2D eigenvalue weighted by Crippen LogP contribution is -2.31. The number of nitrogens with zero attached hydrogens (tertiary/aromatic N) is 1. The number of hydrogen-bond acceptors (Lipinski definition) is 6. The zero-order valence-corrected chi connectivity index (χ0v) is 21.3. The first kappa shape index (κ1) is 29.3. The molecule has 0 amide bonds. The van der Waals surface area contributed by atoms with Crippen LogP contribution < -0.4 is 11.5 Å². The Labute approximate surface area is 196 Å². The van der Waals surface area contributed by atoms with Crippen LogP contribution in [0.1, 0.15) is 70.3 Å². The fraction of sp³-hybridized carbons (Fsp3) is 0.760. The largest absolute Gasteiger partial charge is 0.331 e. The van der Waals surface area contributed by atoms with Gasteiger partial charge in [0.1, 0.15) is 0 Å². The van der Waals surface area contributed by atoms with Crippen molar-refractivity contribution in [2.75, 3.05) is 52.1 Å². The number of hydrogen-bond donors (Lipinski definition) is 2. The molecule has 1 rings (SSSR count). The number of benzene rings is 1. The molecule has 32 heavy (non-hydrogen) atoms. The first-order chi connectivity index (χ1) is 15.6. The van der Waals surface area contributed by atoms with Gasteiger partial charge in [0.05, 0.1) is 19.4 Å². The molecule has 0 aliphatic heterocycles. The van der Waals surface area contributed by atoms with Crippen molar-refractivity contribution in [3.8, 4) is 0 Å². The Balaban J connectivity index is 2.51. The fourth-order valence-corrected chi connectivity index (χ4v) is 5.24. The van der Waals surface area contributed by atoms with Crippen LogP contribution in [-0.4, -0.2) is 57.0 Å². The van der Waals surface area contributed by atoms with Crippen molar-refractivity contribution >= 4 is 7.60 Å². The normalized spacial score (nSPS) is 13.5. The zero-order chi connectivity index (χ0) is 23.3. The second-order valence-corrected chi connectivity index (χ2v) is 10.7. The van der Waals surface area contributed by atoms with Crippen LogP contribution in [0.5, 0.6) is 0 Å². The van der Waals surface area contributed by atoms with Crippen LogP contribution in [0.2, 0.25) is 0 Å². The van der Waals surface area contributed by atoms with E-state index in [0.717, 1.165) is 45.2 Å². The highest BCUT2D eigenvalue weighted by atomic mass is 31.2. The molecule has 0 radical (unpaired) electrons. The van der Waals surface area contributed by atoms with Crippen molar-refractivity contribution in [1.29, 1.82) is 0 Å². The number of unbranched alkanes of at least 4 members (excludes halogenated alkanes) is 6. The average Bonchev–Trinajstić information content (AvgIpc) is 2.81. The van der Waals surface area contributed by atoms with Gasteiger partial charge in [-0.05, 0) is 57.4 Å². The molecule has 6 nitrogen and oxygen atoms in total. The van der Waals surface area contributed by atoms with E-state index >= 15 is 0 Å². The highest BCUT2D eigenvalue weighted by Gasteiger charge is 2.25. The summed E-state index contributed by atoms with van der Waals surface area (Å²) in [6.07, 6.45) is 11.4. The van der Waals surface area contributed by atoms with Gasteiger partial charge in [-0.25, -0.2) is 0 Å². The van der Waals surface area contributed by atoms with Crippen molar-refractivity contribution < 1.29 is 13.6 Å². The molecule has 0 aliphatic carbocycles. The van der Waals surface area contributed by atoms with Crippen LogP contribution in [0.3, 0.4) is 0 Å². The Morgan fingerprint density at radius 2 is 1.38 bits per heavy atom. The van der Waals surface area contributed by atoms with Gasteiger partial charge in [-0.1, -0.05) is 75.8 Å². The minimum Gasteiger partial charge on any atom is -0.330 e. The fourth-order valence-electron chi connectivity index (χ4n) is 3.61. The molecule has 0 fully saturated rings. The second-order valence-electron chi connectivity index (χ2n) is 8.48. The molecule has 186 valence electrons. The van der Waals surface area contributed by atoms with Crippen molar-refractivity contribution in [2.24, 2.45) is 11.5 Å². The van der Waals surface area contributed by atoms with E-state index in [1.807, 2.05) is 18.2 Å². The Hall–Kier alpha value is -0.750. The lowest BCUT2D eigenvalue weighted by Gasteiger charge is -2.25. The summed E-state index contributed by atoms with van der Waals surface area (Å²) < 4.78 is 25.3. The Morgan fingerprint density at radius 3 is 2.00 bits per heavy atom. The van der Waals surface area contributed by atoms with E-state index in [1.54, 1.807) is 0 Å². The molecule has 0 aromatic heterocycles. The monoisotopic (exact) mass is 469 g/mol. The molecule has 1 unspecified atom stereocenters. The summed E-state index contributed by atoms with van der Waals surface area (Å²) in [5.74, 6) is 0. The molecule has 0 aliphatic rings. The Kier molecular flexibility index (Phi) is 18.0. The topological polar surface area (TPSA) is 90.8 Å². The van der Waals surface area contributed by atoms with E-state index in [1.165, 1.54) is 37.7 Å². The maximum atomic E-state index is 13.5. The van der Waals surface area contributed by atoms with Gasteiger partial charge in [0.15, 0.2) is 0 Å². The molecule has 0 saturated heterocycles. The molecule has 1 aromatic rings. The van der Waals surface area contributed by atoms with E-state index in [9.17, 15) is 4.57 Å². The predicted molar refractivity (Wildman–Crippen MR) is 136 cm³/mol. The van der Waals surface area contributed by atoms with Gasteiger partial charge in [-0.2, -0.15) is 0 Å². The zero-order valence-electron chi connectivity index (χ0n) is 20.4. The third-order valence-corrected chi connectivity index (χ3v) is 7.50. The van der Waals surface area contributed by atoms with E-state index < -0.39 is 7.60 Å². The van der Waals surface area contributed by atoms with Gasteiger partial charge in [-0.15, -0.1) is 0 Å². The summed E-state index contributed by atoms with van der Waals surface area (Å²) in [6, 6.07) is 10.2. The van der Waals surface area contributed by atoms with Crippen LogP contribution in [0, 0.1) is 0 Å². The molecule has 0 saturated carbocycles. The standard InChI is InChI=1S/C25H48N3O3P/c1-2-3-4-5-6-7-11-22-30-32(29,31-23-16-25-14-9-8-10-15-25)24-21-28(19-12-17-26)20-13-18-27/h8-10,14-15H,2-7,11-13,16-24,26-27H2,1H3. The molecular formula is C25H48N3O3P. The first-order valence-corrected chi connectivity index (χ1v) is 14.4. The van der Waals surface area contributed by atoms with E-state index in [2.05, 4.69) is 24.0 Å². The van der Waals surface area contributed by atoms with Crippen LogP contribution in [0.4, 0.5) is 0 Å². The predicted octanol–water partition coefficient (Wildman–Crippen LogP) is 5.21. The smallest absolute Gasteiger partial charge is 0.330 e. The Morgan fingerprint density at radius 1 is 0.781 bits per heavy atom.